The van der Waals surface area contributed by atoms with Crippen LogP contribution in [-0.2, 0) is 4.94 Å². The van der Waals surface area contributed by atoms with Crippen LogP contribution in [0.1, 0.15) is 18.4 Å². The van der Waals surface area contributed by atoms with Crippen molar-refractivity contribution >= 4 is 0 Å². The first-order chi connectivity index (χ1) is 6.08. The average molecular weight is 190 g/mol. The molecule has 1 unspecified atom stereocenters. The van der Waals surface area contributed by atoms with Crippen molar-refractivity contribution < 1.29 is 18.2 Å². The largest absolute Gasteiger partial charge is 0.392 e. The molecule has 0 spiro atoms. The summed E-state index contributed by atoms with van der Waals surface area (Å²) in [6.07, 6.45) is -3.76. The molecule has 0 radical (unpaired) electrons. The Morgan fingerprint density at radius 1 is 1.23 bits per heavy atom. The second kappa shape index (κ2) is 3.79. The summed E-state index contributed by atoms with van der Waals surface area (Å²) in [7, 11) is 0. The van der Waals surface area contributed by atoms with Crippen molar-refractivity contribution in [1.29, 1.82) is 0 Å². The zero-order valence-corrected chi connectivity index (χ0v) is 7.01. The van der Waals surface area contributed by atoms with Crippen molar-refractivity contribution in [2.45, 2.75) is 19.0 Å². The van der Waals surface area contributed by atoms with Gasteiger partial charge in [0.05, 0.1) is 5.92 Å². The molecule has 0 aliphatic rings. The molecule has 72 valence electrons. The lowest BCUT2D eigenvalue weighted by molar-refractivity contribution is -0.362. The van der Waals surface area contributed by atoms with Gasteiger partial charge >= 0.3 is 6.11 Å². The first kappa shape index (κ1) is 10.1. The third-order valence-corrected chi connectivity index (χ3v) is 1.91. The normalized spacial score (nSPS) is 14.2. The highest BCUT2D eigenvalue weighted by molar-refractivity contribution is 5.19. The molecule has 0 amide bonds. The Bertz CT molecular complexity index is 261. The van der Waals surface area contributed by atoms with Gasteiger partial charge in [-0.3, -0.25) is 0 Å². The molecule has 0 heterocycles. The molecule has 1 aromatic carbocycles. The van der Waals surface area contributed by atoms with Crippen LogP contribution >= 0.6 is 0 Å². The Hall–Kier alpha value is -1.03. The highest BCUT2D eigenvalue weighted by Gasteiger charge is 2.40. The molecule has 0 bridgehead atoms. The summed E-state index contributed by atoms with van der Waals surface area (Å²) >= 11 is 0. The fourth-order valence-electron chi connectivity index (χ4n) is 1.00. The van der Waals surface area contributed by atoms with Gasteiger partial charge in [0, 0.05) is 0 Å². The first-order valence-corrected chi connectivity index (χ1v) is 3.80. The van der Waals surface area contributed by atoms with E-state index in [1.54, 1.807) is 18.2 Å². The maximum Gasteiger partial charge on any atom is 0.392 e. The van der Waals surface area contributed by atoms with Gasteiger partial charge in [-0.1, -0.05) is 30.3 Å². The summed E-state index contributed by atoms with van der Waals surface area (Å²) in [6, 6.07) is 7.92. The summed E-state index contributed by atoms with van der Waals surface area (Å²) in [4.78, 5) is 2.62. The number of rotatable bonds is 3. The SMILES string of the molecule is CC(c1ccccc1)C(F)(F)OF. The fourth-order valence-corrected chi connectivity index (χ4v) is 1.00. The van der Waals surface area contributed by atoms with E-state index < -0.39 is 12.0 Å². The molecule has 1 rings (SSSR count). The van der Waals surface area contributed by atoms with E-state index in [0.29, 0.717) is 5.56 Å². The molecule has 4 heteroatoms. The second-order valence-corrected chi connectivity index (χ2v) is 2.77. The van der Waals surface area contributed by atoms with Crippen molar-refractivity contribution in [1.82, 2.24) is 0 Å². The minimum absolute atomic E-state index is 0.338. The van der Waals surface area contributed by atoms with Crippen LogP contribution in [0.25, 0.3) is 0 Å². The van der Waals surface area contributed by atoms with Crippen LogP contribution in [0.5, 0.6) is 0 Å². The fraction of sp³-hybridized carbons (Fsp3) is 0.333. The first-order valence-electron chi connectivity index (χ1n) is 3.80. The molecule has 0 aromatic heterocycles. The predicted molar refractivity (Wildman–Crippen MR) is 42.0 cm³/mol. The van der Waals surface area contributed by atoms with Crippen LogP contribution in [-0.4, -0.2) is 6.11 Å². The Morgan fingerprint density at radius 3 is 2.23 bits per heavy atom. The molecule has 1 aromatic rings. The lowest BCUT2D eigenvalue weighted by atomic mass is 10.0. The van der Waals surface area contributed by atoms with Crippen molar-refractivity contribution in [3.63, 3.8) is 0 Å². The second-order valence-electron chi connectivity index (χ2n) is 2.77. The van der Waals surface area contributed by atoms with Gasteiger partial charge in [-0.25, -0.2) is 0 Å². The van der Waals surface area contributed by atoms with E-state index in [9.17, 15) is 13.3 Å². The van der Waals surface area contributed by atoms with Gasteiger partial charge < -0.3 is 0 Å². The summed E-state index contributed by atoms with van der Waals surface area (Å²) < 4.78 is 36.7. The summed E-state index contributed by atoms with van der Waals surface area (Å²) in [5.41, 5.74) is 0.338. The van der Waals surface area contributed by atoms with Crippen molar-refractivity contribution in [3.05, 3.63) is 35.9 Å². The number of alkyl halides is 2. The quantitative estimate of drug-likeness (QED) is 0.710. The standard InChI is InChI=1S/C9H9F3O/c1-7(9(10,11)13-12)8-5-3-2-4-6-8/h2-7H,1H3. The Balaban J connectivity index is 2.85. The van der Waals surface area contributed by atoms with E-state index in [1.807, 2.05) is 0 Å². The van der Waals surface area contributed by atoms with Gasteiger partial charge in [-0.15, -0.1) is 4.94 Å². The van der Waals surface area contributed by atoms with Crippen molar-refractivity contribution in [2.24, 2.45) is 0 Å². The molecule has 0 aliphatic carbocycles. The molecule has 0 fully saturated rings. The van der Waals surface area contributed by atoms with E-state index in [2.05, 4.69) is 4.94 Å². The molecular weight excluding hydrogens is 181 g/mol. The molecule has 0 saturated heterocycles. The minimum Gasteiger partial charge on any atom is -0.172 e. The van der Waals surface area contributed by atoms with Gasteiger partial charge in [0.2, 0.25) is 0 Å². The van der Waals surface area contributed by atoms with E-state index >= 15 is 0 Å². The van der Waals surface area contributed by atoms with Gasteiger partial charge in [-0.05, 0) is 17.0 Å². The Morgan fingerprint density at radius 2 is 1.77 bits per heavy atom. The molecule has 1 atom stereocenters. The van der Waals surface area contributed by atoms with E-state index in [0.717, 1.165) is 0 Å². The van der Waals surface area contributed by atoms with E-state index in [-0.39, 0.29) is 0 Å². The molecule has 0 N–H and O–H groups in total. The van der Waals surface area contributed by atoms with Gasteiger partial charge in [-0.2, -0.15) is 8.78 Å². The number of hydrogen-bond donors (Lipinski definition) is 0. The minimum atomic E-state index is -3.76. The van der Waals surface area contributed by atoms with E-state index in [4.69, 9.17) is 0 Å². The molecule has 0 aliphatic heterocycles. The molecule has 13 heavy (non-hydrogen) atoms. The zero-order chi connectivity index (χ0) is 9.90. The number of halogens is 3. The van der Waals surface area contributed by atoms with Crippen molar-refractivity contribution in [3.8, 4) is 0 Å². The maximum absolute atomic E-state index is 12.6. The topological polar surface area (TPSA) is 9.23 Å². The number of benzene rings is 1. The van der Waals surface area contributed by atoms with Crippen LogP contribution in [0, 0.1) is 0 Å². The highest BCUT2D eigenvalue weighted by Crippen LogP contribution is 2.33. The Labute approximate surface area is 74.0 Å². The van der Waals surface area contributed by atoms with Crippen LogP contribution in [0.2, 0.25) is 0 Å². The lowest BCUT2D eigenvalue weighted by Crippen LogP contribution is -2.24. The zero-order valence-electron chi connectivity index (χ0n) is 7.01. The molecule has 0 saturated carbocycles. The van der Waals surface area contributed by atoms with Gasteiger partial charge in [0.15, 0.2) is 0 Å². The van der Waals surface area contributed by atoms with Gasteiger partial charge in [0.25, 0.3) is 0 Å². The van der Waals surface area contributed by atoms with Crippen molar-refractivity contribution in [2.75, 3.05) is 0 Å². The third-order valence-electron chi connectivity index (χ3n) is 1.91. The van der Waals surface area contributed by atoms with Gasteiger partial charge in [0.1, 0.15) is 0 Å². The third kappa shape index (κ3) is 2.21. The van der Waals surface area contributed by atoms with Crippen LogP contribution in [0.3, 0.4) is 0 Å². The average Bonchev–Trinajstić information content (AvgIpc) is 2.18. The summed E-state index contributed by atoms with van der Waals surface area (Å²) in [5, 5.41) is 0. The Kier molecular flexibility index (Phi) is 2.93. The maximum atomic E-state index is 12.6. The molecule has 1 nitrogen and oxygen atoms in total. The van der Waals surface area contributed by atoms with E-state index in [1.165, 1.54) is 19.1 Å². The monoisotopic (exact) mass is 190 g/mol. The van der Waals surface area contributed by atoms with Crippen LogP contribution in [0.4, 0.5) is 13.3 Å². The molecular formula is C9H9F3O. The lowest BCUT2D eigenvalue weighted by Gasteiger charge is -2.18. The summed E-state index contributed by atoms with van der Waals surface area (Å²) in [5.74, 6) is -1.29. The van der Waals surface area contributed by atoms with Crippen LogP contribution in [0.15, 0.2) is 30.3 Å². The predicted octanol–water partition coefficient (Wildman–Crippen LogP) is 3.28. The van der Waals surface area contributed by atoms with Crippen LogP contribution < -0.4 is 0 Å². The smallest absolute Gasteiger partial charge is 0.172 e. The summed E-state index contributed by atoms with van der Waals surface area (Å²) in [6.45, 7) is 1.20. The number of hydrogen-bond acceptors (Lipinski definition) is 1. The highest BCUT2D eigenvalue weighted by atomic mass is 19.4.